The van der Waals surface area contributed by atoms with Crippen molar-refractivity contribution in [3.8, 4) is 0 Å². The lowest BCUT2D eigenvalue weighted by molar-refractivity contribution is 0.00578. The Labute approximate surface area is 176 Å². The molecule has 1 fully saturated rings. The molecule has 1 heterocycles. The molecule has 164 valence electrons. The van der Waals surface area contributed by atoms with E-state index in [1.54, 1.807) is 20.8 Å². The lowest BCUT2D eigenvalue weighted by Crippen LogP contribution is -2.41. The molecule has 1 aliphatic heterocycles. The van der Waals surface area contributed by atoms with Gasteiger partial charge in [-0.3, -0.25) is 0 Å². The molecule has 0 atom stereocenters. The number of carbonyl (C=O) groups is 2. The maximum absolute atomic E-state index is 14.4. The monoisotopic (exact) mass is 421 g/mol. The summed E-state index contributed by atoms with van der Waals surface area (Å²) in [6.45, 7) is 12.7. The van der Waals surface area contributed by atoms with Crippen LogP contribution in [0.1, 0.15) is 64.4 Å². The highest BCUT2D eigenvalue weighted by molar-refractivity contribution is 6.56. The van der Waals surface area contributed by atoms with Gasteiger partial charge in [-0.25, -0.2) is 14.0 Å². The van der Waals surface area contributed by atoms with E-state index >= 15 is 0 Å². The second kappa shape index (κ2) is 8.39. The number of carbonyl (C=O) groups excluding carboxylic acids is 1. The van der Waals surface area contributed by atoms with Gasteiger partial charge in [0.05, 0.1) is 16.8 Å². The number of benzene rings is 1. The fourth-order valence-electron chi connectivity index (χ4n) is 2.67. The van der Waals surface area contributed by atoms with Crippen LogP contribution in [0.3, 0.4) is 0 Å². The molecule has 9 heteroatoms. The molecule has 7 nitrogen and oxygen atoms in total. The van der Waals surface area contributed by atoms with Crippen LogP contribution in [0.4, 0.5) is 9.18 Å². The maximum Gasteiger partial charge on any atom is 0.492 e. The molecule has 1 amide bonds. The SMILES string of the molecule is CC(C)(C)OC(=O)NCC(=Cc1cc(C(=O)O)ccc1F)B1OC(C)(C)C(C)(C)O1. The second-order valence-electron chi connectivity index (χ2n) is 9.20. The zero-order valence-corrected chi connectivity index (χ0v) is 18.5. The lowest BCUT2D eigenvalue weighted by atomic mass is 9.77. The molecule has 1 aromatic carbocycles. The fourth-order valence-corrected chi connectivity index (χ4v) is 2.67. The predicted molar refractivity (Wildman–Crippen MR) is 112 cm³/mol. The van der Waals surface area contributed by atoms with Crippen molar-refractivity contribution in [3.63, 3.8) is 0 Å². The molecule has 2 rings (SSSR count). The molecule has 2 N–H and O–H groups in total. The summed E-state index contributed by atoms with van der Waals surface area (Å²) in [5.74, 6) is -1.78. The summed E-state index contributed by atoms with van der Waals surface area (Å²) >= 11 is 0. The maximum atomic E-state index is 14.4. The van der Waals surface area contributed by atoms with Gasteiger partial charge in [0.15, 0.2) is 0 Å². The first kappa shape index (κ1) is 23.9. The standard InChI is InChI=1S/C21H29BFNO6/c1-19(2,3)28-18(27)24-12-15(22-29-20(4,5)21(6,7)30-22)11-14-10-13(17(25)26)8-9-16(14)23/h8-11H,12H2,1-7H3,(H,24,27)(H,25,26). The quantitative estimate of drug-likeness (QED) is 0.697. The first-order valence-corrected chi connectivity index (χ1v) is 9.67. The first-order chi connectivity index (χ1) is 13.6. The Morgan fingerprint density at radius 2 is 1.77 bits per heavy atom. The topological polar surface area (TPSA) is 94.1 Å². The van der Waals surface area contributed by atoms with E-state index in [4.69, 9.17) is 14.0 Å². The number of hydrogen-bond donors (Lipinski definition) is 2. The third kappa shape index (κ3) is 5.83. The zero-order valence-electron chi connectivity index (χ0n) is 18.5. The minimum absolute atomic E-state index is 0.0392. The Hall–Kier alpha value is -2.39. The molecule has 0 spiro atoms. The number of amides is 1. The Balaban J connectivity index is 2.37. The largest absolute Gasteiger partial charge is 0.492 e. The van der Waals surface area contributed by atoms with Crippen molar-refractivity contribution >= 4 is 25.3 Å². The Morgan fingerprint density at radius 1 is 1.20 bits per heavy atom. The molecule has 0 aromatic heterocycles. The molecule has 0 aliphatic carbocycles. The number of hydrogen-bond acceptors (Lipinski definition) is 5. The average Bonchev–Trinajstić information content (AvgIpc) is 2.78. The second-order valence-corrected chi connectivity index (χ2v) is 9.20. The third-order valence-electron chi connectivity index (χ3n) is 4.98. The number of rotatable bonds is 5. The molecule has 30 heavy (non-hydrogen) atoms. The van der Waals surface area contributed by atoms with Gasteiger partial charge in [-0.15, -0.1) is 0 Å². The molecular formula is C21H29BFNO6. The van der Waals surface area contributed by atoms with Gasteiger partial charge in [0, 0.05) is 12.1 Å². The molecule has 0 saturated carbocycles. The minimum atomic E-state index is -1.17. The minimum Gasteiger partial charge on any atom is -0.478 e. The van der Waals surface area contributed by atoms with Crippen molar-refractivity contribution in [2.24, 2.45) is 0 Å². The van der Waals surface area contributed by atoms with Gasteiger partial charge in [0.25, 0.3) is 0 Å². The smallest absolute Gasteiger partial charge is 0.478 e. The van der Waals surface area contributed by atoms with Gasteiger partial charge in [-0.05, 0) is 72.1 Å². The first-order valence-electron chi connectivity index (χ1n) is 9.67. The van der Waals surface area contributed by atoms with E-state index in [2.05, 4.69) is 5.32 Å². The van der Waals surface area contributed by atoms with E-state index < -0.39 is 41.8 Å². The van der Waals surface area contributed by atoms with Crippen LogP contribution in [0.15, 0.2) is 23.7 Å². The fraction of sp³-hybridized carbons (Fsp3) is 0.524. The Kier molecular flexibility index (Phi) is 6.68. The zero-order chi connectivity index (χ0) is 22.9. The van der Waals surface area contributed by atoms with E-state index in [1.165, 1.54) is 18.2 Å². The van der Waals surface area contributed by atoms with Crippen LogP contribution in [0.25, 0.3) is 6.08 Å². The molecule has 0 unspecified atom stereocenters. The van der Waals surface area contributed by atoms with Gasteiger partial charge in [0.2, 0.25) is 0 Å². The van der Waals surface area contributed by atoms with Crippen molar-refractivity contribution in [2.45, 2.75) is 65.3 Å². The molecule has 1 aromatic rings. The number of halogens is 1. The molecule has 1 saturated heterocycles. The predicted octanol–water partition coefficient (Wildman–Crippen LogP) is 4.06. The van der Waals surface area contributed by atoms with Crippen LogP contribution in [0.2, 0.25) is 0 Å². The summed E-state index contributed by atoms with van der Waals surface area (Å²) in [4.78, 5) is 23.4. The van der Waals surface area contributed by atoms with Gasteiger partial charge in [-0.2, -0.15) is 0 Å². The molecule has 0 radical (unpaired) electrons. The molecular weight excluding hydrogens is 392 g/mol. The lowest BCUT2D eigenvalue weighted by Gasteiger charge is -2.32. The normalized spacial score (nSPS) is 18.3. The van der Waals surface area contributed by atoms with Crippen LogP contribution in [-0.2, 0) is 14.0 Å². The van der Waals surface area contributed by atoms with Crippen molar-refractivity contribution < 1.29 is 33.1 Å². The van der Waals surface area contributed by atoms with E-state index in [1.807, 2.05) is 27.7 Å². The van der Waals surface area contributed by atoms with Crippen molar-refractivity contribution in [1.29, 1.82) is 0 Å². The van der Waals surface area contributed by atoms with E-state index in [0.29, 0.717) is 5.47 Å². The van der Waals surface area contributed by atoms with Crippen LogP contribution in [-0.4, -0.2) is 47.6 Å². The Bertz CT molecular complexity index is 844. The van der Waals surface area contributed by atoms with Crippen LogP contribution in [0, 0.1) is 5.82 Å². The summed E-state index contributed by atoms with van der Waals surface area (Å²) < 4.78 is 31.7. The number of alkyl carbamates (subject to hydrolysis) is 1. The van der Waals surface area contributed by atoms with Crippen LogP contribution in [0.5, 0.6) is 0 Å². The third-order valence-corrected chi connectivity index (χ3v) is 4.98. The van der Waals surface area contributed by atoms with Crippen LogP contribution >= 0.6 is 0 Å². The number of aromatic carboxylic acids is 1. The van der Waals surface area contributed by atoms with E-state index in [0.717, 1.165) is 6.07 Å². The van der Waals surface area contributed by atoms with Gasteiger partial charge in [-0.1, -0.05) is 6.08 Å². The molecule has 1 aliphatic rings. The van der Waals surface area contributed by atoms with E-state index in [-0.39, 0.29) is 17.7 Å². The van der Waals surface area contributed by atoms with Crippen LogP contribution < -0.4 is 5.32 Å². The summed E-state index contributed by atoms with van der Waals surface area (Å²) in [5.41, 5.74) is -1.57. The van der Waals surface area contributed by atoms with Gasteiger partial charge >= 0.3 is 19.2 Å². The number of nitrogens with one attached hydrogen (secondary N) is 1. The summed E-state index contributed by atoms with van der Waals surface area (Å²) in [5, 5.41) is 11.8. The van der Waals surface area contributed by atoms with E-state index in [9.17, 15) is 19.1 Å². The highest BCUT2D eigenvalue weighted by Gasteiger charge is 2.52. The summed E-state index contributed by atoms with van der Waals surface area (Å²) in [7, 11) is -0.863. The summed E-state index contributed by atoms with van der Waals surface area (Å²) in [6, 6.07) is 3.48. The summed E-state index contributed by atoms with van der Waals surface area (Å²) in [6.07, 6.45) is 0.783. The highest BCUT2D eigenvalue weighted by Crippen LogP contribution is 2.38. The number of ether oxygens (including phenoxy) is 1. The average molecular weight is 421 g/mol. The van der Waals surface area contributed by atoms with Gasteiger partial charge < -0.3 is 24.5 Å². The highest BCUT2D eigenvalue weighted by atomic mass is 19.1. The number of carboxylic acids is 1. The number of carboxylic acid groups (broad SMARTS) is 1. The van der Waals surface area contributed by atoms with Crippen molar-refractivity contribution in [2.75, 3.05) is 6.54 Å². The Morgan fingerprint density at radius 3 is 2.27 bits per heavy atom. The molecule has 0 bridgehead atoms. The van der Waals surface area contributed by atoms with Crippen molar-refractivity contribution in [1.82, 2.24) is 5.32 Å². The van der Waals surface area contributed by atoms with Gasteiger partial charge in [0.1, 0.15) is 11.4 Å². The van der Waals surface area contributed by atoms with Crippen molar-refractivity contribution in [3.05, 3.63) is 40.6 Å².